The third-order valence-electron chi connectivity index (χ3n) is 4.05. The van der Waals surface area contributed by atoms with Gasteiger partial charge in [-0.3, -0.25) is 4.79 Å². The van der Waals surface area contributed by atoms with Crippen molar-refractivity contribution < 1.29 is 24.5 Å². The smallest absolute Gasteiger partial charge is 0.194 e. The molecule has 0 radical (unpaired) electrons. The van der Waals surface area contributed by atoms with Crippen LogP contribution in [-0.4, -0.2) is 48.0 Å². The summed E-state index contributed by atoms with van der Waals surface area (Å²) in [6, 6.07) is 0. The minimum absolute atomic E-state index is 0.00990. The number of carbonyl (C=O) groups excluding carboxylic acids is 1. The van der Waals surface area contributed by atoms with Crippen LogP contribution in [0.25, 0.3) is 0 Å². The Kier molecular flexibility index (Phi) is 6.74. The number of rotatable bonds is 8. The van der Waals surface area contributed by atoms with E-state index in [0.29, 0.717) is 25.4 Å². The Morgan fingerprint density at radius 1 is 0.957 bits per heavy atom. The average Bonchev–Trinajstić information content (AvgIpc) is 2.47. The molecular formula is C18H28O5. The number of ether oxygens (including phenoxy) is 2. The van der Waals surface area contributed by atoms with Crippen molar-refractivity contribution in [2.45, 2.75) is 47.1 Å². The second-order valence-corrected chi connectivity index (χ2v) is 6.28. The molecule has 130 valence electrons. The van der Waals surface area contributed by atoms with Crippen LogP contribution in [0.3, 0.4) is 0 Å². The summed E-state index contributed by atoms with van der Waals surface area (Å²) in [6.07, 6.45) is 0. The third kappa shape index (κ3) is 4.53. The van der Waals surface area contributed by atoms with Crippen molar-refractivity contribution in [1.82, 2.24) is 0 Å². The lowest BCUT2D eigenvalue weighted by Crippen LogP contribution is -2.32. The predicted octanol–water partition coefficient (Wildman–Crippen LogP) is 2.26. The predicted molar refractivity (Wildman–Crippen MR) is 89.4 cm³/mol. The summed E-state index contributed by atoms with van der Waals surface area (Å²) in [4.78, 5) is 12.5. The summed E-state index contributed by atoms with van der Waals surface area (Å²) < 4.78 is 11.0. The number of hydrogen-bond acceptors (Lipinski definition) is 5. The number of hydrogen-bond donors (Lipinski definition) is 2. The Balaban J connectivity index is 3.12. The molecule has 0 aliphatic carbocycles. The summed E-state index contributed by atoms with van der Waals surface area (Å²) in [6.45, 7) is 11.6. The minimum Gasteiger partial charge on any atom is -0.491 e. The maximum absolute atomic E-state index is 12.5. The van der Waals surface area contributed by atoms with E-state index in [-0.39, 0.29) is 12.4 Å². The van der Waals surface area contributed by atoms with Crippen molar-refractivity contribution in [1.29, 1.82) is 0 Å². The Bertz CT molecular complexity index is 541. The second kappa shape index (κ2) is 7.90. The van der Waals surface area contributed by atoms with Gasteiger partial charge in [0.15, 0.2) is 5.78 Å². The van der Waals surface area contributed by atoms with E-state index in [4.69, 9.17) is 14.6 Å². The maximum atomic E-state index is 12.5. The Morgan fingerprint density at radius 2 is 1.48 bits per heavy atom. The average molecular weight is 324 g/mol. The SMILES string of the molecule is Cc1c(C)c(C(=O)C(C)(C)O)c(C)c(C)c1OCCOCCO. The molecule has 0 saturated carbocycles. The highest BCUT2D eigenvalue weighted by molar-refractivity contribution is 6.04. The van der Waals surface area contributed by atoms with Gasteiger partial charge in [0, 0.05) is 5.56 Å². The van der Waals surface area contributed by atoms with Gasteiger partial charge < -0.3 is 19.7 Å². The first-order chi connectivity index (χ1) is 10.6. The van der Waals surface area contributed by atoms with Gasteiger partial charge in [-0.05, 0) is 63.8 Å². The third-order valence-corrected chi connectivity index (χ3v) is 4.05. The second-order valence-electron chi connectivity index (χ2n) is 6.28. The summed E-state index contributed by atoms with van der Waals surface area (Å²) in [5.74, 6) is 0.469. The Hall–Kier alpha value is -1.43. The van der Waals surface area contributed by atoms with Gasteiger partial charge in [0.2, 0.25) is 0 Å². The lowest BCUT2D eigenvalue weighted by molar-refractivity contribution is 0.0486. The van der Waals surface area contributed by atoms with Crippen LogP contribution in [0.2, 0.25) is 0 Å². The van der Waals surface area contributed by atoms with Crippen molar-refractivity contribution in [3.63, 3.8) is 0 Å². The molecule has 1 rings (SSSR count). The van der Waals surface area contributed by atoms with Crippen molar-refractivity contribution in [2.75, 3.05) is 26.4 Å². The molecule has 0 saturated heterocycles. The fourth-order valence-corrected chi connectivity index (χ4v) is 2.51. The first-order valence-electron chi connectivity index (χ1n) is 7.81. The van der Waals surface area contributed by atoms with Crippen LogP contribution in [0, 0.1) is 27.7 Å². The van der Waals surface area contributed by atoms with Crippen molar-refractivity contribution in [3.05, 3.63) is 27.8 Å². The normalized spacial score (nSPS) is 11.7. The quantitative estimate of drug-likeness (QED) is 0.567. The molecule has 0 unspecified atom stereocenters. The maximum Gasteiger partial charge on any atom is 0.194 e. The van der Waals surface area contributed by atoms with Gasteiger partial charge in [-0.15, -0.1) is 0 Å². The fourth-order valence-electron chi connectivity index (χ4n) is 2.51. The van der Waals surface area contributed by atoms with Gasteiger partial charge in [-0.25, -0.2) is 0 Å². The molecule has 0 fully saturated rings. The number of ketones is 1. The van der Waals surface area contributed by atoms with Gasteiger partial charge in [-0.2, -0.15) is 0 Å². The topological polar surface area (TPSA) is 76.0 Å². The monoisotopic (exact) mass is 324 g/mol. The van der Waals surface area contributed by atoms with Gasteiger partial charge >= 0.3 is 0 Å². The van der Waals surface area contributed by atoms with E-state index < -0.39 is 5.60 Å². The molecule has 2 N–H and O–H groups in total. The van der Waals surface area contributed by atoms with E-state index in [9.17, 15) is 9.90 Å². The zero-order valence-corrected chi connectivity index (χ0v) is 14.9. The first-order valence-corrected chi connectivity index (χ1v) is 7.81. The van der Waals surface area contributed by atoms with E-state index >= 15 is 0 Å². The van der Waals surface area contributed by atoms with E-state index in [1.54, 1.807) is 0 Å². The van der Waals surface area contributed by atoms with Gasteiger partial charge in [0.05, 0.1) is 19.8 Å². The molecule has 5 heteroatoms. The van der Waals surface area contributed by atoms with Crippen LogP contribution in [0.4, 0.5) is 0 Å². The Labute approximate surface area is 138 Å². The molecule has 1 aromatic rings. The highest BCUT2D eigenvalue weighted by Crippen LogP contribution is 2.34. The zero-order chi connectivity index (χ0) is 17.8. The molecule has 0 atom stereocenters. The molecule has 5 nitrogen and oxygen atoms in total. The molecule has 0 heterocycles. The largest absolute Gasteiger partial charge is 0.491 e. The highest BCUT2D eigenvalue weighted by atomic mass is 16.5. The molecule has 0 spiro atoms. The number of aliphatic hydroxyl groups is 2. The zero-order valence-electron chi connectivity index (χ0n) is 14.9. The molecule has 23 heavy (non-hydrogen) atoms. The molecule has 0 aliphatic heterocycles. The van der Waals surface area contributed by atoms with E-state index in [0.717, 1.165) is 28.0 Å². The van der Waals surface area contributed by atoms with Crippen LogP contribution in [-0.2, 0) is 4.74 Å². The first kappa shape index (κ1) is 19.6. The number of aliphatic hydroxyl groups excluding tert-OH is 1. The van der Waals surface area contributed by atoms with Gasteiger partial charge in [-0.1, -0.05) is 0 Å². The number of benzene rings is 1. The van der Waals surface area contributed by atoms with Crippen LogP contribution in [0.5, 0.6) is 5.75 Å². The van der Waals surface area contributed by atoms with Crippen molar-refractivity contribution in [3.8, 4) is 5.75 Å². The molecule has 0 bridgehead atoms. The molecule has 0 amide bonds. The van der Waals surface area contributed by atoms with E-state index in [1.165, 1.54) is 13.8 Å². The van der Waals surface area contributed by atoms with Gasteiger partial charge in [0.1, 0.15) is 18.0 Å². The minimum atomic E-state index is -1.41. The standard InChI is InChI=1S/C18H28O5/c1-11-13(3)16(23-10-9-22-8-7-19)14(4)12(2)15(11)17(20)18(5,6)21/h19,21H,7-10H2,1-6H3. The van der Waals surface area contributed by atoms with E-state index in [1.807, 2.05) is 27.7 Å². The van der Waals surface area contributed by atoms with Crippen LogP contribution in [0.1, 0.15) is 46.5 Å². The molecular weight excluding hydrogens is 296 g/mol. The lowest BCUT2D eigenvalue weighted by Gasteiger charge is -2.24. The number of carbonyl (C=O) groups is 1. The molecule has 1 aromatic carbocycles. The molecule has 0 aliphatic rings. The summed E-state index contributed by atoms with van der Waals surface area (Å²) in [5, 5.41) is 18.7. The summed E-state index contributed by atoms with van der Waals surface area (Å²) >= 11 is 0. The molecule has 0 aromatic heterocycles. The van der Waals surface area contributed by atoms with Crippen molar-refractivity contribution in [2.24, 2.45) is 0 Å². The Morgan fingerprint density at radius 3 is 1.91 bits per heavy atom. The van der Waals surface area contributed by atoms with Gasteiger partial charge in [0.25, 0.3) is 0 Å². The van der Waals surface area contributed by atoms with Crippen molar-refractivity contribution >= 4 is 5.78 Å². The fraction of sp³-hybridized carbons (Fsp3) is 0.611. The van der Waals surface area contributed by atoms with Crippen LogP contribution in [0.15, 0.2) is 0 Å². The lowest BCUT2D eigenvalue weighted by atomic mass is 9.85. The number of Topliss-reactive ketones (excluding diaryl/α,β-unsaturated/α-hetero) is 1. The van der Waals surface area contributed by atoms with Crippen LogP contribution < -0.4 is 4.74 Å². The van der Waals surface area contributed by atoms with Crippen LogP contribution >= 0.6 is 0 Å². The highest BCUT2D eigenvalue weighted by Gasteiger charge is 2.30. The van der Waals surface area contributed by atoms with E-state index in [2.05, 4.69) is 0 Å². The summed E-state index contributed by atoms with van der Waals surface area (Å²) in [7, 11) is 0. The summed E-state index contributed by atoms with van der Waals surface area (Å²) in [5.41, 5.74) is 2.59.